The summed E-state index contributed by atoms with van der Waals surface area (Å²) in [6.45, 7) is 2.06. The van der Waals surface area contributed by atoms with Gasteiger partial charge in [-0.1, -0.05) is 24.3 Å². The van der Waals surface area contributed by atoms with E-state index in [9.17, 15) is 9.59 Å². The first-order valence-corrected chi connectivity index (χ1v) is 8.29. The highest BCUT2D eigenvalue weighted by atomic mass is 16.5. The number of pyridine rings is 1. The molecule has 0 spiro atoms. The van der Waals surface area contributed by atoms with Gasteiger partial charge in [-0.2, -0.15) is 0 Å². The highest BCUT2D eigenvalue weighted by Gasteiger charge is 2.24. The standard InChI is InChI=1S/C20H19N3O3/c1-2-26-18(24)10-13-23-12-9-15-6-3-4-8-17(15)19(23)22-20(25)16-7-5-11-21-14-16/h3-14,19H,2H2,1H3,(H,22,25)/b13-10+. The molecule has 0 fully saturated rings. The van der Waals surface area contributed by atoms with Crippen LogP contribution >= 0.6 is 0 Å². The summed E-state index contributed by atoms with van der Waals surface area (Å²) >= 11 is 0. The Labute approximate surface area is 151 Å². The molecule has 2 heterocycles. The van der Waals surface area contributed by atoms with Gasteiger partial charge in [0.15, 0.2) is 0 Å². The fraction of sp³-hybridized carbons (Fsp3) is 0.150. The normalized spacial score (nSPS) is 15.6. The van der Waals surface area contributed by atoms with Crippen molar-refractivity contribution >= 4 is 18.0 Å². The molecule has 0 aliphatic carbocycles. The van der Waals surface area contributed by atoms with Gasteiger partial charge in [-0.3, -0.25) is 9.78 Å². The van der Waals surface area contributed by atoms with Gasteiger partial charge in [-0.25, -0.2) is 4.79 Å². The number of benzene rings is 1. The molecule has 1 aromatic carbocycles. The van der Waals surface area contributed by atoms with E-state index in [0.717, 1.165) is 11.1 Å². The first-order chi connectivity index (χ1) is 12.7. The van der Waals surface area contributed by atoms with Crippen LogP contribution in [0, 0.1) is 0 Å². The van der Waals surface area contributed by atoms with Crippen molar-refractivity contribution in [2.75, 3.05) is 6.61 Å². The molecular formula is C20H19N3O3. The van der Waals surface area contributed by atoms with Crippen molar-refractivity contribution in [3.63, 3.8) is 0 Å². The van der Waals surface area contributed by atoms with Gasteiger partial charge in [0.05, 0.1) is 12.2 Å². The summed E-state index contributed by atoms with van der Waals surface area (Å²) in [4.78, 5) is 30.0. The molecular weight excluding hydrogens is 330 g/mol. The van der Waals surface area contributed by atoms with Gasteiger partial charge in [-0.15, -0.1) is 0 Å². The zero-order valence-corrected chi connectivity index (χ0v) is 14.3. The molecule has 1 aromatic heterocycles. The molecule has 0 radical (unpaired) electrons. The molecule has 0 saturated carbocycles. The van der Waals surface area contributed by atoms with E-state index in [-0.39, 0.29) is 5.91 Å². The number of fused-ring (bicyclic) bond motifs is 1. The maximum Gasteiger partial charge on any atom is 0.332 e. The molecule has 1 unspecified atom stereocenters. The van der Waals surface area contributed by atoms with Gasteiger partial charge < -0.3 is 15.0 Å². The quantitative estimate of drug-likeness (QED) is 0.664. The van der Waals surface area contributed by atoms with Crippen LogP contribution in [0.25, 0.3) is 6.08 Å². The number of hydrogen-bond acceptors (Lipinski definition) is 5. The number of carbonyl (C=O) groups is 2. The third-order valence-corrected chi connectivity index (χ3v) is 3.88. The zero-order chi connectivity index (χ0) is 18.4. The molecule has 1 N–H and O–H groups in total. The van der Waals surface area contributed by atoms with Gasteiger partial charge in [0, 0.05) is 36.4 Å². The summed E-state index contributed by atoms with van der Waals surface area (Å²) in [5, 5.41) is 2.99. The topological polar surface area (TPSA) is 71.5 Å². The summed E-state index contributed by atoms with van der Waals surface area (Å²) in [7, 11) is 0. The summed E-state index contributed by atoms with van der Waals surface area (Å²) in [6.07, 6.45) is 9.35. The molecule has 0 saturated heterocycles. The second kappa shape index (κ2) is 8.11. The highest BCUT2D eigenvalue weighted by Crippen LogP contribution is 2.28. The summed E-state index contributed by atoms with van der Waals surface area (Å²) in [5.41, 5.74) is 2.40. The summed E-state index contributed by atoms with van der Waals surface area (Å²) in [6, 6.07) is 11.2. The highest BCUT2D eigenvalue weighted by molar-refractivity contribution is 5.94. The Hall–Kier alpha value is -3.41. The average Bonchev–Trinajstić information content (AvgIpc) is 2.68. The Balaban J connectivity index is 1.86. The van der Waals surface area contributed by atoms with Gasteiger partial charge in [0.2, 0.25) is 0 Å². The van der Waals surface area contributed by atoms with E-state index in [2.05, 4.69) is 10.3 Å². The zero-order valence-electron chi connectivity index (χ0n) is 14.3. The Kier molecular flexibility index (Phi) is 5.43. The fourth-order valence-electron chi connectivity index (χ4n) is 2.65. The number of rotatable bonds is 5. The number of hydrogen-bond donors (Lipinski definition) is 1. The predicted molar refractivity (Wildman–Crippen MR) is 97.5 cm³/mol. The monoisotopic (exact) mass is 349 g/mol. The van der Waals surface area contributed by atoms with Gasteiger partial charge in [0.25, 0.3) is 5.91 Å². The lowest BCUT2D eigenvalue weighted by Crippen LogP contribution is -2.38. The molecule has 1 aliphatic heterocycles. The Morgan fingerprint density at radius 3 is 2.88 bits per heavy atom. The second-order valence-corrected chi connectivity index (χ2v) is 5.58. The maximum atomic E-state index is 12.6. The molecule has 6 nitrogen and oxygen atoms in total. The van der Waals surface area contributed by atoms with Crippen LogP contribution in [0.5, 0.6) is 0 Å². The molecule has 1 amide bonds. The third-order valence-electron chi connectivity index (χ3n) is 3.88. The van der Waals surface area contributed by atoms with Crippen molar-refractivity contribution in [3.8, 4) is 0 Å². The Bertz CT molecular complexity index is 846. The largest absolute Gasteiger partial charge is 0.463 e. The van der Waals surface area contributed by atoms with Gasteiger partial charge in [0.1, 0.15) is 6.17 Å². The van der Waals surface area contributed by atoms with Crippen LogP contribution in [0.3, 0.4) is 0 Å². The van der Waals surface area contributed by atoms with Gasteiger partial charge >= 0.3 is 5.97 Å². The number of nitrogens with one attached hydrogen (secondary N) is 1. The number of esters is 1. The summed E-state index contributed by atoms with van der Waals surface area (Å²) in [5.74, 6) is -0.681. The fourth-order valence-corrected chi connectivity index (χ4v) is 2.65. The van der Waals surface area contributed by atoms with Crippen molar-refractivity contribution in [2.45, 2.75) is 13.1 Å². The minimum Gasteiger partial charge on any atom is -0.463 e. The van der Waals surface area contributed by atoms with Crippen LogP contribution in [0.2, 0.25) is 0 Å². The first-order valence-electron chi connectivity index (χ1n) is 8.29. The van der Waals surface area contributed by atoms with Crippen LogP contribution in [0.15, 0.2) is 67.3 Å². The smallest absolute Gasteiger partial charge is 0.332 e. The Morgan fingerprint density at radius 1 is 1.27 bits per heavy atom. The lowest BCUT2D eigenvalue weighted by atomic mass is 10.0. The molecule has 0 bridgehead atoms. The van der Waals surface area contributed by atoms with E-state index >= 15 is 0 Å². The van der Waals surface area contributed by atoms with Gasteiger partial charge in [-0.05, 0) is 30.7 Å². The van der Waals surface area contributed by atoms with E-state index in [1.807, 2.05) is 36.5 Å². The van der Waals surface area contributed by atoms with E-state index in [1.165, 1.54) is 12.3 Å². The predicted octanol–water partition coefficient (Wildman–Crippen LogP) is 2.87. The SMILES string of the molecule is CCOC(=O)/C=C/N1C=Cc2ccccc2C1NC(=O)c1cccnc1. The number of amides is 1. The molecule has 1 aliphatic rings. The van der Waals surface area contributed by atoms with E-state index in [1.54, 1.807) is 36.4 Å². The molecule has 3 rings (SSSR count). The van der Waals surface area contributed by atoms with Crippen molar-refractivity contribution in [3.05, 3.63) is 84.0 Å². The van der Waals surface area contributed by atoms with Crippen LogP contribution in [0.1, 0.15) is 34.6 Å². The summed E-state index contributed by atoms with van der Waals surface area (Å²) < 4.78 is 4.92. The molecule has 1 atom stereocenters. The number of aromatic nitrogens is 1. The molecule has 6 heteroatoms. The third kappa shape index (κ3) is 3.97. The van der Waals surface area contributed by atoms with Crippen LogP contribution in [0.4, 0.5) is 0 Å². The lowest BCUT2D eigenvalue weighted by Gasteiger charge is -2.32. The Morgan fingerprint density at radius 2 is 2.12 bits per heavy atom. The van der Waals surface area contributed by atoms with Crippen LogP contribution in [-0.4, -0.2) is 28.4 Å². The van der Waals surface area contributed by atoms with E-state index < -0.39 is 12.1 Å². The lowest BCUT2D eigenvalue weighted by molar-refractivity contribution is -0.137. The number of nitrogens with zero attached hydrogens (tertiary/aromatic N) is 2. The molecule has 2 aromatic rings. The maximum absolute atomic E-state index is 12.6. The van der Waals surface area contributed by atoms with E-state index in [4.69, 9.17) is 4.74 Å². The molecule has 132 valence electrons. The number of carbonyl (C=O) groups excluding carboxylic acids is 2. The molecule has 26 heavy (non-hydrogen) atoms. The minimum absolute atomic E-state index is 0.247. The number of ether oxygens (including phenoxy) is 1. The van der Waals surface area contributed by atoms with Crippen molar-refractivity contribution in [2.24, 2.45) is 0 Å². The average molecular weight is 349 g/mol. The van der Waals surface area contributed by atoms with Crippen molar-refractivity contribution in [1.82, 2.24) is 15.2 Å². The second-order valence-electron chi connectivity index (χ2n) is 5.58. The minimum atomic E-state index is -0.449. The van der Waals surface area contributed by atoms with Crippen molar-refractivity contribution < 1.29 is 14.3 Å². The first kappa shape index (κ1) is 17.4. The van der Waals surface area contributed by atoms with Crippen LogP contribution < -0.4 is 5.32 Å². The van der Waals surface area contributed by atoms with E-state index in [0.29, 0.717) is 12.2 Å². The van der Waals surface area contributed by atoms with Crippen LogP contribution in [-0.2, 0) is 9.53 Å². The van der Waals surface area contributed by atoms with Crippen molar-refractivity contribution in [1.29, 1.82) is 0 Å².